The Morgan fingerprint density at radius 1 is 0.944 bits per heavy atom. The van der Waals surface area contributed by atoms with Crippen molar-refractivity contribution in [2.24, 2.45) is 27.2 Å². The fourth-order valence-corrected chi connectivity index (χ4v) is 2.13. The normalized spacial score (nSPS) is 11.5. The number of fused-ring (bicyclic) bond motifs is 1. The average Bonchev–Trinajstić information content (AvgIpc) is 2.29. The highest BCUT2D eigenvalue weighted by Crippen LogP contribution is 2.30. The second kappa shape index (κ2) is 5.05. The molecule has 0 saturated heterocycles. The van der Waals surface area contributed by atoms with Gasteiger partial charge in [-0.15, -0.1) is 0 Å². The van der Waals surface area contributed by atoms with Gasteiger partial charge >= 0.3 is 0 Å². The van der Waals surface area contributed by atoms with E-state index in [1.165, 1.54) is 0 Å². The number of nitrogens with two attached hydrogens (primary N) is 3. The Bertz CT molecular complexity index is 644. The fraction of sp³-hybridized carbons (Fsp3) is 0. The van der Waals surface area contributed by atoms with Gasteiger partial charge in [0.15, 0.2) is 5.96 Å². The molecule has 5 nitrogen and oxygen atoms in total. The Morgan fingerprint density at radius 3 is 2.33 bits per heavy atom. The predicted molar refractivity (Wildman–Crippen MR) is 78.7 cm³/mol. The smallest absolute Gasteiger partial charge is 0.223 e. The van der Waals surface area contributed by atoms with E-state index in [0.717, 1.165) is 20.9 Å². The summed E-state index contributed by atoms with van der Waals surface area (Å²) in [6.45, 7) is 0. The third-order valence-electron chi connectivity index (χ3n) is 2.32. The van der Waals surface area contributed by atoms with Gasteiger partial charge < -0.3 is 17.2 Å². The van der Waals surface area contributed by atoms with Gasteiger partial charge in [-0.05, 0) is 17.5 Å². The summed E-state index contributed by atoms with van der Waals surface area (Å²) in [6, 6.07) is 11.6. The third kappa shape index (κ3) is 2.60. The zero-order chi connectivity index (χ0) is 13.1. The van der Waals surface area contributed by atoms with E-state index in [0.29, 0.717) is 0 Å². The van der Waals surface area contributed by atoms with Crippen LogP contribution in [0.4, 0.5) is 5.69 Å². The van der Waals surface area contributed by atoms with E-state index in [-0.39, 0.29) is 11.9 Å². The van der Waals surface area contributed by atoms with Crippen molar-refractivity contribution >= 4 is 44.3 Å². The molecular formula is C12H12BrN5. The van der Waals surface area contributed by atoms with E-state index in [2.05, 4.69) is 25.9 Å². The zero-order valence-corrected chi connectivity index (χ0v) is 11.1. The summed E-state index contributed by atoms with van der Waals surface area (Å²) in [5.41, 5.74) is 16.8. The van der Waals surface area contributed by atoms with Crippen LogP contribution in [0.25, 0.3) is 10.8 Å². The summed E-state index contributed by atoms with van der Waals surface area (Å²) in [5, 5.41) is 2.02. The highest BCUT2D eigenvalue weighted by molar-refractivity contribution is 9.10. The molecule has 0 unspecified atom stereocenters. The minimum Gasteiger partial charge on any atom is -0.370 e. The van der Waals surface area contributed by atoms with Crippen molar-refractivity contribution in [3.8, 4) is 0 Å². The van der Waals surface area contributed by atoms with Gasteiger partial charge in [0.2, 0.25) is 5.96 Å². The molecule has 0 radical (unpaired) electrons. The van der Waals surface area contributed by atoms with Crippen molar-refractivity contribution < 1.29 is 0 Å². The van der Waals surface area contributed by atoms with Crippen LogP contribution in [0.15, 0.2) is 50.9 Å². The van der Waals surface area contributed by atoms with Crippen molar-refractivity contribution in [2.45, 2.75) is 0 Å². The second-order valence-electron chi connectivity index (χ2n) is 3.62. The van der Waals surface area contributed by atoms with Crippen molar-refractivity contribution in [2.75, 3.05) is 0 Å². The number of hydrogen-bond acceptors (Lipinski definition) is 1. The number of hydrogen-bond donors (Lipinski definition) is 3. The molecule has 0 heterocycles. The van der Waals surface area contributed by atoms with Gasteiger partial charge in [-0.1, -0.05) is 40.2 Å². The number of guanidine groups is 2. The van der Waals surface area contributed by atoms with Gasteiger partial charge in [0, 0.05) is 9.86 Å². The number of benzene rings is 2. The van der Waals surface area contributed by atoms with E-state index in [4.69, 9.17) is 17.2 Å². The van der Waals surface area contributed by atoms with Crippen molar-refractivity contribution in [1.29, 1.82) is 0 Å². The molecule has 0 amide bonds. The Kier molecular flexibility index (Phi) is 3.47. The lowest BCUT2D eigenvalue weighted by molar-refractivity contribution is 1.39. The van der Waals surface area contributed by atoms with Crippen LogP contribution in [0.2, 0.25) is 0 Å². The average molecular weight is 306 g/mol. The number of nitrogens with zero attached hydrogens (tertiary/aromatic N) is 2. The Labute approximate surface area is 113 Å². The number of aliphatic imine (C=N–C) groups is 2. The molecule has 0 aliphatic heterocycles. The summed E-state index contributed by atoms with van der Waals surface area (Å²) in [4.78, 5) is 7.88. The predicted octanol–water partition coefficient (Wildman–Crippen LogP) is 1.82. The van der Waals surface area contributed by atoms with E-state index in [9.17, 15) is 0 Å². The third-order valence-corrected chi connectivity index (χ3v) is 3.02. The van der Waals surface area contributed by atoms with Crippen LogP contribution in [0.5, 0.6) is 0 Å². The molecule has 2 rings (SSSR count). The molecule has 0 saturated carbocycles. The maximum absolute atomic E-state index is 5.63. The summed E-state index contributed by atoms with van der Waals surface area (Å²) < 4.78 is 0.998. The topological polar surface area (TPSA) is 103 Å². The molecule has 6 heteroatoms. The van der Waals surface area contributed by atoms with Gasteiger partial charge in [-0.25, -0.2) is 4.99 Å². The van der Waals surface area contributed by atoms with Crippen LogP contribution in [0.3, 0.4) is 0 Å². The molecule has 6 N–H and O–H groups in total. The largest absolute Gasteiger partial charge is 0.370 e. The first-order chi connectivity index (χ1) is 8.58. The van der Waals surface area contributed by atoms with Gasteiger partial charge in [0.05, 0.1) is 5.69 Å². The summed E-state index contributed by atoms with van der Waals surface area (Å²) in [6.07, 6.45) is 0. The molecule has 92 valence electrons. The lowest BCUT2D eigenvalue weighted by Gasteiger charge is -2.04. The molecule has 2 aromatic rings. The minimum absolute atomic E-state index is 0.0301. The maximum Gasteiger partial charge on any atom is 0.223 e. The molecule has 0 aliphatic rings. The molecular weight excluding hydrogens is 294 g/mol. The van der Waals surface area contributed by atoms with E-state index in [1.807, 2.05) is 36.4 Å². The minimum atomic E-state index is -0.113. The summed E-state index contributed by atoms with van der Waals surface area (Å²) in [5.74, 6) is -0.0832. The van der Waals surface area contributed by atoms with Crippen LogP contribution in [-0.4, -0.2) is 11.9 Å². The second-order valence-corrected chi connectivity index (χ2v) is 4.47. The first-order valence-corrected chi connectivity index (χ1v) is 5.98. The lowest BCUT2D eigenvalue weighted by Crippen LogP contribution is -2.26. The molecule has 0 spiro atoms. The monoisotopic (exact) mass is 305 g/mol. The highest BCUT2D eigenvalue weighted by atomic mass is 79.9. The van der Waals surface area contributed by atoms with Crippen LogP contribution < -0.4 is 17.2 Å². The first kappa shape index (κ1) is 12.4. The Balaban J connectivity index is 2.59. The highest BCUT2D eigenvalue weighted by Gasteiger charge is 2.02. The number of rotatable bonds is 1. The Hall–Kier alpha value is -2.08. The summed E-state index contributed by atoms with van der Waals surface area (Å²) in [7, 11) is 0. The molecule has 0 aromatic heterocycles. The van der Waals surface area contributed by atoms with Gasteiger partial charge in [0.25, 0.3) is 0 Å². The standard InChI is InChI=1S/C12H12BrN5/c13-9-5-1-4-8-7(9)3-2-6-10(8)17-12(16)18-11(14)15/h1-6H,(H6,14,15,16,17,18). The zero-order valence-electron chi connectivity index (χ0n) is 9.47. The van der Waals surface area contributed by atoms with E-state index in [1.54, 1.807) is 0 Å². The van der Waals surface area contributed by atoms with Crippen LogP contribution in [0.1, 0.15) is 0 Å². The fourth-order valence-electron chi connectivity index (χ4n) is 1.63. The van der Waals surface area contributed by atoms with Gasteiger partial charge in [-0.3, -0.25) is 0 Å². The molecule has 0 fully saturated rings. The molecule has 18 heavy (non-hydrogen) atoms. The maximum atomic E-state index is 5.63. The molecule has 2 aromatic carbocycles. The van der Waals surface area contributed by atoms with Crippen LogP contribution in [0, 0.1) is 0 Å². The lowest BCUT2D eigenvalue weighted by atomic mass is 10.1. The SMILES string of the molecule is NC(N)=NC(N)=Nc1cccc2c(Br)cccc12. The Morgan fingerprint density at radius 2 is 1.61 bits per heavy atom. The quantitative estimate of drug-likeness (QED) is 0.553. The molecule has 0 bridgehead atoms. The van der Waals surface area contributed by atoms with E-state index < -0.39 is 0 Å². The van der Waals surface area contributed by atoms with Crippen molar-refractivity contribution in [1.82, 2.24) is 0 Å². The van der Waals surface area contributed by atoms with Gasteiger partial charge in [-0.2, -0.15) is 4.99 Å². The van der Waals surface area contributed by atoms with Crippen molar-refractivity contribution in [3.63, 3.8) is 0 Å². The van der Waals surface area contributed by atoms with E-state index >= 15 is 0 Å². The van der Waals surface area contributed by atoms with Crippen LogP contribution in [-0.2, 0) is 0 Å². The summed E-state index contributed by atoms with van der Waals surface area (Å²) >= 11 is 3.49. The number of halogens is 1. The molecule has 0 atom stereocenters. The molecule has 0 aliphatic carbocycles. The van der Waals surface area contributed by atoms with Crippen LogP contribution >= 0.6 is 15.9 Å². The van der Waals surface area contributed by atoms with Crippen molar-refractivity contribution in [3.05, 3.63) is 40.9 Å². The van der Waals surface area contributed by atoms with Gasteiger partial charge in [0.1, 0.15) is 0 Å². The first-order valence-electron chi connectivity index (χ1n) is 5.19.